The highest BCUT2D eigenvalue weighted by molar-refractivity contribution is 7.85. The molecule has 0 aromatic heterocycles. The molecule has 3 nitrogen and oxygen atoms in total. The number of phenols is 1. The van der Waals surface area contributed by atoms with E-state index in [1.54, 1.807) is 12.1 Å². The van der Waals surface area contributed by atoms with E-state index in [0.717, 1.165) is 5.56 Å². The minimum Gasteiger partial charge on any atom is -0.507 e. The number of aromatic hydroxyl groups is 1. The third-order valence-corrected chi connectivity index (χ3v) is 2.99. The van der Waals surface area contributed by atoms with Crippen LogP contribution in [-0.2, 0) is 10.8 Å². The van der Waals surface area contributed by atoms with Gasteiger partial charge in [-0.1, -0.05) is 19.9 Å². The largest absolute Gasteiger partial charge is 0.507 e. The molecule has 1 aromatic carbocycles. The highest BCUT2D eigenvalue weighted by atomic mass is 32.2. The molecule has 0 fully saturated rings. The number of rotatable bonds is 4. The van der Waals surface area contributed by atoms with Gasteiger partial charge < -0.3 is 5.11 Å². The van der Waals surface area contributed by atoms with Gasteiger partial charge in [0, 0.05) is 17.1 Å². The zero-order valence-electron chi connectivity index (χ0n) is 9.69. The molecule has 4 heteroatoms. The maximum Gasteiger partial charge on any atom is 0.179 e. The Hall–Kier alpha value is -1.16. The van der Waals surface area contributed by atoms with Crippen molar-refractivity contribution < 1.29 is 14.1 Å². The average molecular weight is 240 g/mol. The predicted molar refractivity (Wildman–Crippen MR) is 65.5 cm³/mol. The number of carbonyl (C=O) groups excluding carboxylic acids is 1. The smallest absolute Gasteiger partial charge is 0.179 e. The van der Waals surface area contributed by atoms with Gasteiger partial charge in [0.1, 0.15) is 5.75 Å². The average Bonchev–Trinajstić information content (AvgIpc) is 2.16. The maximum absolute atomic E-state index is 11.7. The van der Waals surface area contributed by atoms with Crippen LogP contribution in [0.25, 0.3) is 0 Å². The fourth-order valence-electron chi connectivity index (χ4n) is 1.40. The summed E-state index contributed by atoms with van der Waals surface area (Å²) in [5.74, 6) is -0.0743. The fourth-order valence-corrected chi connectivity index (χ4v) is 1.92. The first kappa shape index (κ1) is 12.9. The molecule has 1 unspecified atom stereocenters. The van der Waals surface area contributed by atoms with Crippen molar-refractivity contribution in [3.63, 3.8) is 0 Å². The lowest BCUT2D eigenvalue weighted by Gasteiger charge is -2.09. The predicted octanol–water partition coefficient (Wildman–Crippen LogP) is 2.08. The number of benzene rings is 1. The Kier molecular flexibility index (Phi) is 4.24. The normalized spacial score (nSPS) is 12.8. The third kappa shape index (κ3) is 3.17. The number of Topliss-reactive ketones (excluding diaryl/α,β-unsaturated/α-hetero) is 1. The van der Waals surface area contributed by atoms with E-state index in [1.807, 2.05) is 13.8 Å². The molecule has 1 atom stereocenters. The van der Waals surface area contributed by atoms with Crippen LogP contribution in [0.4, 0.5) is 0 Å². The minimum absolute atomic E-state index is 0.0418. The van der Waals surface area contributed by atoms with E-state index in [-0.39, 0.29) is 22.8 Å². The second kappa shape index (κ2) is 5.25. The Morgan fingerprint density at radius 2 is 2.06 bits per heavy atom. The van der Waals surface area contributed by atoms with E-state index in [9.17, 15) is 14.1 Å². The number of hydrogen-bond acceptors (Lipinski definition) is 3. The van der Waals surface area contributed by atoms with Gasteiger partial charge in [0.15, 0.2) is 5.78 Å². The Balaban J connectivity index is 3.07. The molecule has 0 aliphatic heterocycles. The van der Waals surface area contributed by atoms with Gasteiger partial charge in [-0.15, -0.1) is 0 Å². The summed E-state index contributed by atoms with van der Waals surface area (Å²) in [6.45, 7) is 4.03. The van der Waals surface area contributed by atoms with E-state index < -0.39 is 10.8 Å². The van der Waals surface area contributed by atoms with Crippen LogP contribution in [0, 0.1) is 0 Å². The lowest BCUT2D eigenvalue weighted by atomic mass is 9.99. The van der Waals surface area contributed by atoms with Crippen molar-refractivity contribution in [1.29, 1.82) is 0 Å². The number of phenolic OH excluding ortho intramolecular Hbond substituents is 1. The monoisotopic (exact) mass is 240 g/mol. The molecule has 1 rings (SSSR count). The van der Waals surface area contributed by atoms with Gasteiger partial charge in [-0.25, -0.2) is 0 Å². The van der Waals surface area contributed by atoms with Crippen LogP contribution >= 0.6 is 0 Å². The second-order valence-corrected chi connectivity index (χ2v) is 5.51. The molecular formula is C12H16O3S. The Labute approximate surface area is 98.0 Å². The Bertz CT molecular complexity index is 424. The summed E-state index contributed by atoms with van der Waals surface area (Å²) in [6, 6.07) is 4.98. The zero-order valence-corrected chi connectivity index (χ0v) is 10.5. The first-order valence-corrected chi connectivity index (χ1v) is 6.80. The molecule has 1 N–H and O–H groups in total. The fraction of sp³-hybridized carbons (Fsp3) is 0.417. The van der Waals surface area contributed by atoms with Crippen molar-refractivity contribution in [1.82, 2.24) is 0 Å². The van der Waals surface area contributed by atoms with Gasteiger partial charge in [-0.2, -0.15) is 0 Å². The molecule has 0 aliphatic carbocycles. The summed E-state index contributed by atoms with van der Waals surface area (Å²) in [6.07, 6.45) is 1.47. The van der Waals surface area contributed by atoms with Crippen LogP contribution < -0.4 is 0 Å². The highest BCUT2D eigenvalue weighted by Crippen LogP contribution is 2.23. The number of hydrogen-bond donors (Lipinski definition) is 1. The molecule has 0 aliphatic rings. The molecule has 0 saturated heterocycles. The van der Waals surface area contributed by atoms with Crippen molar-refractivity contribution in [2.75, 3.05) is 12.0 Å². The van der Waals surface area contributed by atoms with Gasteiger partial charge >= 0.3 is 0 Å². The summed E-state index contributed by atoms with van der Waals surface area (Å²) >= 11 is 0. The van der Waals surface area contributed by atoms with E-state index >= 15 is 0 Å². The summed E-state index contributed by atoms with van der Waals surface area (Å²) in [7, 11) is -1.18. The van der Waals surface area contributed by atoms with Crippen molar-refractivity contribution >= 4 is 16.6 Å². The second-order valence-electron chi connectivity index (χ2n) is 4.07. The molecular weight excluding hydrogens is 224 g/mol. The first-order chi connectivity index (χ1) is 7.41. The van der Waals surface area contributed by atoms with Gasteiger partial charge in [0.2, 0.25) is 0 Å². The van der Waals surface area contributed by atoms with Crippen molar-refractivity contribution in [3.05, 3.63) is 29.3 Å². The lowest BCUT2D eigenvalue weighted by Crippen LogP contribution is -2.10. The van der Waals surface area contributed by atoms with Gasteiger partial charge in [0.25, 0.3) is 0 Å². The van der Waals surface area contributed by atoms with E-state index in [1.165, 1.54) is 12.3 Å². The number of ketones is 1. The van der Waals surface area contributed by atoms with Crippen LogP contribution in [-0.4, -0.2) is 27.1 Å². The summed E-state index contributed by atoms with van der Waals surface area (Å²) in [4.78, 5) is 11.7. The molecule has 0 amide bonds. The molecule has 0 bridgehead atoms. The summed E-state index contributed by atoms with van der Waals surface area (Å²) in [5.41, 5.74) is 1.25. The third-order valence-electron chi connectivity index (χ3n) is 2.32. The topological polar surface area (TPSA) is 54.4 Å². The summed E-state index contributed by atoms with van der Waals surface area (Å²) in [5, 5.41) is 9.58. The zero-order chi connectivity index (χ0) is 12.3. The molecule has 0 spiro atoms. The van der Waals surface area contributed by atoms with Crippen LogP contribution in [0.15, 0.2) is 18.2 Å². The quantitative estimate of drug-likeness (QED) is 0.820. The van der Waals surface area contributed by atoms with Crippen LogP contribution in [0.3, 0.4) is 0 Å². The van der Waals surface area contributed by atoms with Gasteiger partial charge in [0.05, 0.1) is 11.3 Å². The summed E-state index contributed by atoms with van der Waals surface area (Å²) < 4.78 is 11.0. The van der Waals surface area contributed by atoms with Crippen LogP contribution in [0.1, 0.15) is 35.7 Å². The van der Waals surface area contributed by atoms with Crippen molar-refractivity contribution in [2.45, 2.75) is 19.8 Å². The van der Waals surface area contributed by atoms with Crippen LogP contribution in [0.2, 0.25) is 0 Å². The standard InChI is InChI=1S/C12H16O3S/c1-8(2)9-4-5-11(13)10(6-9)12(14)7-16(3)15/h4-6,8,13H,7H2,1-3H3. The van der Waals surface area contributed by atoms with Crippen LogP contribution in [0.5, 0.6) is 5.75 Å². The van der Waals surface area contributed by atoms with E-state index in [2.05, 4.69) is 0 Å². The first-order valence-electron chi connectivity index (χ1n) is 5.08. The minimum atomic E-state index is -1.18. The molecule has 0 radical (unpaired) electrons. The SMILES string of the molecule is CC(C)c1ccc(O)c(C(=O)CS(C)=O)c1. The van der Waals surface area contributed by atoms with Gasteiger partial charge in [-0.3, -0.25) is 9.00 Å². The number of carbonyl (C=O) groups is 1. The molecule has 0 saturated carbocycles. The van der Waals surface area contributed by atoms with Crippen molar-refractivity contribution in [3.8, 4) is 5.75 Å². The molecule has 16 heavy (non-hydrogen) atoms. The van der Waals surface area contributed by atoms with Crippen molar-refractivity contribution in [2.24, 2.45) is 0 Å². The maximum atomic E-state index is 11.7. The molecule has 0 heterocycles. The lowest BCUT2D eigenvalue weighted by molar-refractivity contribution is 0.101. The highest BCUT2D eigenvalue weighted by Gasteiger charge is 2.14. The van der Waals surface area contributed by atoms with E-state index in [0.29, 0.717) is 5.92 Å². The Morgan fingerprint density at radius 1 is 1.44 bits per heavy atom. The van der Waals surface area contributed by atoms with Gasteiger partial charge in [-0.05, 0) is 23.6 Å². The molecule has 88 valence electrons. The Morgan fingerprint density at radius 3 is 2.56 bits per heavy atom. The van der Waals surface area contributed by atoms with E-state index in [4.69, 9.17) is 0 Å². The molecule has 1 aromatic rings.